The van der Waals surface area contributed by atoms with E-state index in [1.165, 1.54) is 11.3 Å². The predicted molar refractivity (Wildman–Crippen MR) is 83.1 cm³/mol. The minimum atomic E-state index is -0.0653. The highest BCUT2D eigenvalue weighted by atomic mass is 32.1. The molecule has 6 heteroatoms. The van der Waals surface area contributed by atoms with Crippen molar-refractivity contribution < 1.29 is 9.53 Å². The van der Waals surface area contributed by atoms with Crippen LogP contribution in [-0.2, 0) is 0 Å². The highest BCUT2D eigenvalue weighted by molar-refractivity contribution is 7.20. The lowest BCUT2D eigenvalue weighted by atomic mass is 10.3. The number of ether oxygens (including phenoxy) is 1. The van der Waals surface area contributed by atoms with E-state index in [1.54, 1.807) is 49.8 Å². The number of aromatic nitrogens is 2. The lowest BCUT2D eigenvalue weighted by Gasteiger charge is -2.16. The van der Waals surface area contributed by atoms with Gasteiger partial charge in [0.1, 0.15) is 0 Å². The molecule has 0 saturated heterocycles. The summed E-state index contributed by atoms with van der Waals surface area (Å²) in [6.07, 6.45) is 5.11. The molecule has 0 aliphatic rings. The minimum Gasteiger partial charge on any atom is -0.481 e. The molecule has 0 spiro atoms. The molecular formula is C15H13N3O2S. The number of fused-ring (bicyclic) bond motifs is 1. The van der Waals surface area contributed by atoms with Crippen LogP contribution in [0.2, 0.25) is 0 Å². The molecule has 0 unspecified atom stereocenters. The number of carbonyl (C=O) groups is 1. The molecule has 0 radical (unpaired) electrons. The van der Waals surface area contributed by atoms with Crippen LogP contribution < -0.4 is 9.64 Å². The summed E-state index contributed by atoms with van der Waals surface area (Å²) >= 11 is 1.44. The number of methoxy groups -OCH3 is 1. The van der Waals surface area contributed by atoms with Crippen LogP contribution in [-0.4, -0.2) is 30.0 Å². The maximum Gasteiger partial charge on any atom is 0.268 e. The van der Waals surface area contributed by atoms with E-state index in [0.717, 1.165) is 15.8 Å². The molecule has 106 valence electrons. The summed E-state index contributed by atoms with van der Waals surface area (Å²) in [5.41, 5.74) is 0.738. The Hall–Kier alpha value is -2.47. The van der Waals surface area contributed by atoms with Crippen LogP contribution in [0.3, 0.4) is 0 Å². The number of anilines is 1. The van der Waals surface area contributed by atoms with Gasteiger partial charge in [0.25, 0.3) is 5.91 Å². The molecule has 3 rings (SSSR count). The molecule has 0 N–H and O–H groups in total. The Morgan fingerprint density at radius 2 is 2.14 bits per heavy atom. The van der Waals surface area contributed by atoms with Gasteiger partial charge in [0, 0.05) is 31.7 Å². The molecule has 0 aromatic carbocycles. The van der Waals surface area contributed by atoms with Crippen LogP contribution >= 0.6 is 11.3 Å². The van der Waals surface area contributed by atoms with Gasteiger partial charge in [0.2, 0.25) is 5.88 Å². The van der Waals surface area contributed by atoms with Gasteiger partial charge in [-0.05, 0) is 23.6 Å². The van der Waals surface area contributed by atoms with Gasteiger partial charge in [0.15, 0.2) is 0 Å². The van der Waals surface area contributed by atoms with Crippen molar-refractivity contribution >= 4 is 33.0 Å². The first kappa shape index (κ1) is 13.5. The number of amides is 1. The van der Waals surface area contributed by atoms with E-state index in [2.05, 4.69) is 9.97 Å². The fourth-order valence-corrected chi connectivity index (χ4v) is 3.00. The Labute approximate surface area is 125 Å². The number of rotatable bonds is 3. The second-order valence-corrected chi connectivity index (χ2v) is 5.53. The highest BCUT2D eigenvalue weighted by Crippen LogP contribution is 2.27. The Balaban J connectivity index is 1.93. The Morgan fingerprint density at radius 3 is 2.90 bits per heavy atom. The van der Waals surface area contributed by atoms with E-state index in [1.807, 2.05) is 12.1 Å². The molecule has 3 aromatic rings. The summed E-state index contributed by atoms with van der Waals surface area (Å²) < 4.78 is 6.09. The van der Waals surface area contributed by atoms with E-state index >= 15 is 0 Å². The summed E-state index contributed by atoms with van der Waals surface area (Å²) in [5.74, 6) is 0.414. The molecule has 0 bridgehead atoms. The first-order chi connectivity index (χ1) is 10.2. The lowest BCUT2D eigenvalue weighted by molar-refractivity contribution is 0.0997. The normalized spacial score (nSPS) is 10.6. The van der Waals surface area contributed by atoms with Crippen LogP contribution in [0.4, 0.5) is 5.69 Å². The molecule has 3 heterocycles. The van der Waals surface area contributed by atoms with Crippen LogP contribution in [0.5, 0.6) is 5.88 Å². The average Bonchev–Trinajstić information content (AvgIpc) is 2.97. The molecule has 0 fully saturated rings. The van der Waals surface area contributed by atoms with Gasteiger partial charge < -0.3 is 9.64 Å². The Morgan fingerprint density at radius 1 is 1.29 bits per heavy atom. The molecule has 0 atom stereocenters. The van der Waals surface area contributed by atoms with Crippen molar-refractivity contribution in [2.24, 2.45) is 0 Å². The maximum absolute atomic E-state index is 12.6. The summed E-state index contributed by atoms with van der Waals surface area (Å²) in [7, 11) is 3.28. The van der Waals surface area contributed by atoms with Crippen molar-refractivity contribution in [3.63, 3.8) is 0 Å². The molecule has 0 aliphatic heterocycles. The zero-order valence-electron chi connectivity index (χ0n) is 11.6. The number of pyridine rings is 2. The van der Waals surface area contributed by atoms with Gasteiger partial charge in [-0.15, -0.1) is 11.3 Å². The van der Waals surface area contributed by atoms with Gasteiger partial charge in [-0.25, -0.2) is 4.98 Å². The quantitative estimate of drug-likeness (QED) is 0.746. The van der Waals surface area contributed by atoms with Crippen LogP contribution in [0.15, 0.2) is 42.9 Å². The number of carbonyl (C=O) groups excluding carboxylic acids is 1. The third-order valence-electron chi connectivity index (χ3n) is 3.15. The van der Waals surface area contributed by atoms with E-state index in [0.29, 0.717) is 10.8 Å². The van der Waals surface area contributed by atoms with Crippen LogP contribution in [0.1, 0.15) is 9.67 Å². The van der Waals surface area contributed by atoms with Crippen LogP contribution in [0.25, 0.3) is 10.1 Å². The molecule has 0 saturated carbocycles. The van der Waals surface area contributed by atoms with Gasteiger partial charge in [-0.3, -0.25) is 9.78 Å². The van der Waals surface area contributed by atoms with Crippen molar-refractivity contribution in [3.8, 4) is 5.88 Å². The zero-order valence-corrected chi connectivity index (χ0v) is 12.4. The number of thiophene rings is 1. The van der Waals surface area contributed by atoms with E-state index in [-0.39, 0.29) is 5.91 Å². The van der Waals surface area contributed by atoms with Crippen molar-refractivity contribution in [3.05, 3.63) is 47.7 Å². The second kappa shape index (κ2) is 5.49. The highest BCUT2D eigenvalue weighted by Gasteiger charge is 2.17. The fourth-order valence-electron chi connectivity index (χ4n) is 1.99. The van der Waals surface area contributed by atoms with Crippen molar-refractivity contribution in [1.29, 1.82) is 0 Å². The van der Waals surface area contributed by atoms with E-state index in [9.17, 15) is 4.79 Å². The Bertz CT molecular complexity index is 767. The maximum atomic E-state index is 12.6. The summed E-state index contributed by atoms with van der Waals surface area (Å²) in [5, 5.41) is 1.03. The molecule has 0 aliphatic carbocycles. The minimum absolute atomic E-state index is 0.0653. The van der Waals surface area contributed by atoms with Gasteiger partial charge in [-0.1, -0.05) is 0 Å². The van der Waals surface area contributed by atoms with Gasteiger partial charge in [-0.2, -0.15) is 0 Å². The third-order valence-corrected chi connectivity index (χ3v) is 4.23. The van der Waals surface area contributed by atoms with Gasteiger partial charge in [0.05, 0.1) is 22.4 Å². The molecule has 3 aromatic heterocycles. The topological polar surface area (TPSA) is 55.3 Å². The average molecular weight is 299 g/mol. The molecular weight excluding hydrogens is 286 g/mol. The summed E-state index contributed by atoms with van der Waals surface area (Å²) in [4.78, 5) is 22.9. The summed E-state index contributed by atoms with van der Waals surface area (Å²) in [6.45, 7) is 0. The number of hydrogen-bond donors (Lipinski definition) is 0. The number of nitrogens with zero attached hydrogens (tertiary/aromatic N) is 3. The molecule has 5 nitrogen and oxygen atoms in total. The fraction of sp³-hybridized carbons (Fsp3) is 0.133. The first-order valence-corrected chi connectivity index (χ1v) is 7.12. The van der Waals surface area contributed by atoms with Crippen LogP contribution in [0, 0.1) is 0 Å². The third kappa shape index (κ3) is 2.57. The van der Waals surface area contributed by atoms with Crippen molar-refractivity contribution in [2.75, 3.05) is 19.1 Å². The monoisotopic (exact) mass is 299 g/mol. The van der Waals surface area contributed by atoms with E-state index < -0.39 is 0 Å². The predicted octanol–water partition coefficient (Wildman–Crippen LogP) is 2.98. The largest absolute Gasteiger partial charge is 0.481 e. The molecule has 21 heavy (non-hydrogen) atoms. The van der Waals surface area contributed by atoms with Crippen molar-refractivity contribution in [2.45, 2.75) is 0 Å². The first-order valence-electron chi connectivity index (χ1n) is 6.30. The molecule has 1 amide bonds. The van der Waals surface area contributed by atoms with Gasteiger partial charge >= 0.3 is 0 Å². The summed E-state index contributed by atoms with van der Waals surface area (Å²) in [6, 6.07) is 7.29. The lowest BCUT2D eigenvalue weighted by Crippen LogP contribution is -2.25. The van der Waals surface area contributed by atoms with Crippen molar-refractivity contribution in [1.82, 2.24) is 9.97 Å². The standard InChI is InChI=1S/C15H13N3O2S/c1-18(11-4-6-17-14(8-11)20-2)15(19)12-7-10-3-5-16-9-13(10)21-12/h3-9H,1-2H3. The SMILES string of the molecule is COc1cc(N(C)C(=O)c2cc3ccncc3s2)ccn1. The Kier molecular flexibility index (Phi) is 3.53. The smallest absolute Gasteiger partial charge is 0.268 e. The second-order valence-electron chi connectivity index (χ2n) is 4.44. The number of hydrogen-bond acceptors (Lipinski definition) is 5. The van der Waals surface area contributed by atoms with E-state index in [4.69, 9.17) is 4.74 Å². The zero-order chi connectivity index (χ0) is 14.8.